The van der Waals surface area contributed by atoms with Gasteiger partial charge in [0.25, 0.3) is 0 Å². The number of aromatic amines is 1. The molecule has 0 aliphatic rings. The van der Waals surface area contributed by atoms with Gasteiger partial charge in [0.15, 0.2) is 5.82 Å². The maximum Gasteiger partial charge on any atom is 0.162 e. The molecule has 158 valence electrons. The molecule has 6 rings (SSSR count). The molecule has 33 heavy (non-hydrogen) atoms. The number of imidazole rings is 1. The van der Waals surface area contributed by atoms with Gasteiger partial charge in [0, 0.05) is 27.2 Å². The minimum atomic E-state index is 0.645. The Balaban J connectivity index is 1.35. The normalized spacial score (nSPS) is 11.2. The molecule has 6 heteroatoms. The van der Waals surface area contributed by atoms with Crippen LogP contribution in [0.25, 0.3) is 44.7 Å². The minimum absolute atomic E-state index is 0.645. The van der Waals surface area contributed by atoms with E-state index in [1.165, 1.54) is 0 Å². The predicted molar refractivity (Wildman–Crippen MR) is 135 cm³/mol. The van der Waals surface area contributed by atoms with E-state index in [4.69, 9.17) is 21.6 Å². The fourth-order valence-corrected chi connectivity index (χ4v) is 3.96. The van der Waals surface area contributed by atoms with E-state index in [0.29, 0.717) is 10.8 Å². The molecule has 4 aromatic carbocycles. The first-order valence-electron chi connectivity index (χ1n) is 10.6. The third kappa shape index (κ3) is 3.79. The molecular weight excluding hydrogens is 430 g/mol. The molecule has 0 fully saturated rings. The summed E-state index contributed by atoms with van der Waals surface area (Å²) in [6.07, 6.45) is 0. The zero-order chi connectivity index (χ0) is 22.2. The molecule has 0 amide bonds. The van der Waals surface area contributed by atoms with Crippen LogP contribution in [-0.2, 0) is 0 Å². The lowest BCUT2D eigenvalue weighted by atomic mass is 10.1. The average Bonchev–Trinajstić information content (AvgIpc) is 3.29. The van der Waals surface area contributed by atoms with E-state index < -0.39 is 0 Å². The van der Waals surface area contributed by atoms with Crippen molar-refractivity contribution in [1.29, 1.82) is 0 Å². The number of nitrogens with zero attached hydrogens (tertiary/aromatic N) is 3. The summed E-state index contributed by atoms with van der Waals surface area (Å²) in [5.41, 5.74) is 5.72. The summed E-state index contributed by atoms with van der Waals surface area (Å²) in [4.78, 5) is 17.6. The molecule has 6 aromatic rings. The highest BCUT2D eigenvalue weighted by atomic mass is 35.5. The van der Waals surface area contributed by atoms with Gasteiger partial charge in [0.05, 0.1) is 16.6 Å². The first-order valence-corrected chi connectivity index (χ1v) is 11.0. The van der Waals surface area contributed by atoms with Crippen molar-refractivity contribution in [2.24, 2.45) is 0 Å². The molecule has 0 atom stereocenters. The van der Waals surface area contributed by atoms with Gasteiger partial charge in [0.1, 0.15) is 11.6 Å². The van der Waals surface area contributed by atoms with Crippen LogP contribution in [0, 0.1) is 0 Å². The maximum atomic E-state index is 6.05. The lowest BCUT2D eigenvalue weighted by Crippen LogP contribution is -1.99. The Labute approximate surface area is 195 Å². The van der Waals surface area contributed by atoms with Gasteiger partial charge in [-0.2, -0.15) is 0 Å². The number of hydrogen-bond donors (Lipinski definition) is 2. The quantitative estimate of drug-likeness (QED) is 0.299. The van der Waals surface area contributed by atoms with Crippen LogP contribution >= 0.6 is 11.6 Å². The third-order valence-corrected chi connectivity index (χ3v) is 5.77. The second kappa shape index (κ2) is 8.04. The van der Waals surface area contributed by atoms with Gasteiger partial charge in [-0.25, -0.2) is 15.0 Å². The summed E-state index contributed by atoms with van der Waals surface area (Å²) in [6.45, 7) is 0. The van der Waals surface area contributed by atoms with Crippen LogP contribution < -0.4 is 5.32 Å². The van der Waals surface area contributed by atoms with Gasteiger partial charge < -0.3 is 10.3 Å². The van der Waals surface area contributed by atoms with Crippen molar-refractivity contribution in [3.63, 3.8) is 0 Å². The molecule has 0 bridgehead atoms. The largest absolute Gasteiger partial charge is 0.340 e. The second-order valence-electron chi connectivity index (χ2n) is 7.72. The summed E-state index contributed by atoms with van der Waals surface area (Å²) < 4.78 is 0. The van der Waals surface area contributed by atoms with Crippen molar-refractivity contribution in [2.45, 2.75) is 0 Å². The molecule has 0 saturated heterocycles. The first-order chi connectivity index (χ1) is 16.2. The topological polar surface area (TPSA) is 66.5 Å². The van der Waals surface area contributed by atoms with Crippen LogP contribution in [-0.4, -0.2) is 19.9 Å². The van der Waals surface area contributed by atoms with Gasteiger partial charge in [-0.1, -0.05) is 35.9 Å². The molecule has 0 aliphatic heterocycles. The summed E-state index contributed by atoms with van der Waals surface area (Å²) >= 11 is 6.05. The molecule has 0 spiro atoms. The van der Waals surface area contributed by atoms with Crippen LogP contribution in [0.15, 0.2) is 97.1 Å². The van der Waals surface area contributed by atoms with E-state index in [1.54, 1.807) is 0 Å². The number of hydrogen-bond acceptors (Lipinski definition) is 4. The Morgan fingerprint density at radius 2 is 1.33 bits per heavy atom. The third-order valence-electron chi connectivity index (χ3n) is 5.52. The van der Waals surface area contributed by atoms with Crippen LogP contribution in [0.1, 0.15) is 0 Å². The molecule has 0 saturated carbocycles. The summed E-state index contributed by atoms with van der Waals surface area (Å²) in [7, 11) is 0. The van der Waals surface area contributed by atoms with Crippen LogP contribution in [0.2, 0.25) is 5.02 Å². The van der Waals surface area contributed by atoms with Gasteiger partial charge in [-0.3, -0.25) is 0 Å². The van der Waals surface area contributed by atoms with Gasteiger partial charge >= 0.3 is 0 Å². The number of fused-ring (bicyclic) bond motifs is 2. The molecule has 2 N–H and O–H groups in total. The fourth-order valence-electron chi connectivity index (χ4n) is 3.84. The Morgan fingerprint density at radius 3 is 2.12 bits per heavy atom. The van der Waals surface area contributed by atoms with Crippen molar-refractivity contribution in [3.8, 4) is 22.8 Å². The van der Waals surface area contributed by atoms with Crippen molar-refractivity contribution >= 4 is 45.0 Å². The van der Waals surface area contributed by atoms with Gasteiger partial charge in [-0.15, -0.1) is 0 Å². The molecular formula is C27H18ClN5. The molecule has 5 nitrogen and oxygen atoms in total. The van der Waals surface area contributed by atoms with Crippen LogP contribution in [0.4, 0.5) is 11.5 Å². The second-order valence-corrected chi connectivity index (χ2v) is 8.16. The predicted octanol–water partition coefficient (Wildman–Crippen LogP) is 7.24. The van der Waals surface area contributed by atoms with Gasteiger partial charge in [-0.05, 0) is 72.8 Å². The van der Waals surface area contributed by atoms with E-state index >= 15 is 0 Å². The highest BCUT2D eigenvalue weighted by Crippen LogP contribution is 2.29. The molecule has 2 aromatic heterocycles. The Kier molecular flexibility index (Phi) is 4.74. The number of anilines is 2. The maximum absolute atomic E-state index is 6.05. The smallest absolute Gasteiger partial charge is 0.162 e. The highest BCUT2D eigenvalue weighted by molar-refractivity contribution is 6.30. The number of rotatable bonds is 4. The van der Waals surface area contributed by atoms with Gasteiger partial charge in [0.2, 0.25) is 0 Å². The van der Waals surface area contributed by atoms with E-state index in [0.717, 1.165) is 50.4 Å². The van der Waals surface area contributed by atoms with Crippen molar-refractivity contribution < 1.29 is 0 Å². The minimum Gasteiger partial charge on any atom is -0.340 e. The lowest BCUT2D eigenvalue weighted by Gasteiger charge is -2.11. The SMILES string of the molecule is Clc1ccc(-c2nc(Nc3ccc(-c4nc5ccccc5[nH]4)cc3)c3ccccc3n2)cc1. The van der Waals surface area contributed by atoms with E-state index in [1.807, 2.05) is 97.1 Å². The number of para-hydroxylation sites is 3. The standard InChI is InChI=1S/C27H18ClN5/c28-19-13-9-17(10-14-19)26-30-22-6-2-1-5-21(22)27(33-26)29-20-15-11-18(12-16-20)25-31-23-7-3-4-8-24(23)32-25/h1-16H,(H,31,32)(H,29,30,33). The van der Waals surface area contributed by atoms with Crippen molar-refractivity contribution in [2.75, 3.05) is 5.32 Å². The zero-order valence-corrected chi connectivity index (χ0v) is 18.2. The molecule has 0 unspecified atom stereocenters. The number of halogens is 1. The first kappa shape index (κ1) is 19.5. The number of nitrogens with one attached hydrogen (secondary N) is 2. The monoisotopic (exact) mass is 447 g/mol. The molecule has 0 aliphatic carbocycles. The summed E-state index contributed by atoms with van der Waals surface area (Å²) in [6, 6.07) is 31.7. The number of H-pyrrole nitrogens is 1. The van der Waals surface area contributed by atoms with E-state index in [-0.39, 0.29) is 0 Å². The summed E-state index contributed by atoms with van der Waals surface area (Å²) in [5.74, 6) is 2.24. The number of benzene rings is 4. The molecule has 2 heterocycles. The fraction of sp³-hybridized carbons (Fsp3) is 0. The highest BCUT2D eigenvalue weighted by Gasteiger charge is 2.11. The van der Waals surface area contributed by atoms with Crippen LogP contribution in [0.3, 0.4) is 0 Å². The zero-order valence-electron chi connectivity index (χ0n) is 17.5. The van der Waals surface area contributed by atoms with E-state index in [9.17, 15) is 0 Å². The Morgan fingerprint density at radius 1 is 0.636 bits per heavy atom. The molecule has 0 radical (unpaired) electrons. The Bertz CT molecular complexity index is 1550. The average molecular weight is 448 g/mol. The van der Waals surface area contributed by atoms with Crippen molar-refractivity contribution in [1.82, 2.24) is 19.9 Å². The summed E-state index contributed by atoms with van der Waals surface area (Å²) in [5, 5.41) is 5.10. The number of aromatic nitrogens is 4. The van der Waals surface area contributed by atoms with E-state index in [2.05, 4.69) is 15.3 Å². The van der Waals surface area contributed by atoms with Crippen molar-refractivity contribution in [3.05, 3.63) is 102 Å². The lowest BCUT2D eigenvalue weighted by molar-refractivity contribution is 1.22. The van der Waals surface area contributed by atoms with Crippen LogP contribution in [0.5, 0.6) is 0 Å². The Hall–Kier alpha value is -4.22.